The van der Waals surface area contributed by atoms with E-state index in [1.54, 1.807) is 6.92 Å². The van der Waals surface area contributed by atoms with Crippen molar-refractivity contribution < 1.29 is 5.11 Å². The lowest BCUT2D eigenvalue weighted by atomic mass is 10.3. The molecule has 0 radical (unpaired) electrons. The molecule has 1 atom stereocenters. The van der Waals surface area contributed by atoms with Gasteiger partial charge in [0.2, 0.25) is 0 Å². The summed E-state index contributed by atoms with van der Waals surface area (Å²) in [5.41, 5.74) is 1.16. The van der Waals surface area contributed by atoms with Gasteiger partial charge in [0, 0.05) is 12.7 Å². The van der Waals surface area contributed by atoms with Gasteiger partial charge in [0.05, 0.1) is 12.3 Å². The van der Waals surface area contributed by atoms with Crippen molar-refractivity contribution in [1.29, 1.82) is 0 Å². The summed E-state index contributed by atoms with van der Waals surface area (Å²) in [4.78, 5) is 0. The molecule has 0 fully saturated rings. The SMILES string of the molecule is Cc1cnn(CC[C@@H](C)O)c1. The van der Waals surface area contributed by atoms with E-state index < -0.39 is 0 Å². The molecule has 0 saturated carbocycles. The fourth-order valence-electron chi connectivity index (χ4n) is 0.908. The van der Waals surface area contributed by atoms with Crippen LogP contribution in [0.5, 0.6) is 0 Å². The number of aromatic nitrogens is 2. The molecule has 0 saturated heterocycles. The largest absolute Gasteiger partial charge is 0.393 e. The highest BCUT2D eigenvalue weighted by Gasteiger charge is 1.97. The lowest BCUT2D eigenvalue weighted by molar-refractivity contribution is 0.176. The maximum absolute atomic E-state index is 8.98. The second-order valence-corrected chi connectivity index (χ2v) is 2.92. The number of rotatable bonds is 3. The van der Waals surface area contributed by atoms with Crippen molar-refractivity contribution in [2.75, 3.05) is 0 Å². The predicted molar refractivity (Wildman–Crippen MR) is 43.3 cm³/mol. The molecule has 62 valence electrons. The number of aliphatic hydroxyl groups excluding tert-OH is 1. The molecule has 0 aromatic carbocycles. The summed E-state index contributed by atoms with van der Waals surface area (Å²) in [6, 6.07) is 0. The molecule has 0 aliphatic heterocycles. The van der Waals surface area contributed by atoms with Gasteiger partial charge in [-0.3, -0.25) is 4.68 Å². The van der Waals surface area contributed by atoms with Crippen LogP contribution in [-0.2, 0) is 6.54 Å². The van der Waals surface area contributed by atoms with Crippen molar-refractivity contribution in [2.24, 2.45) is 0 Å². The van der Waals surface area contributed by atoms with Gasteiger partial charge in [-0.2, -0.15) is 5.10 Å². The maximum atomic E-state index is 8.98. The van der Waals surface area contributed by atoms with Crippen LogP contribution in [0.3, 0.4) is 0 Å². The van der Waals surface area contributed by atoms with E-state index in [2.05, 4.69) is 5.10 Å². The average molecular weight is 154 g/mol. The third-order valence-corrected chi connectivity index (χ3v) is 1.54. The molecule has 0 aliphatic rings. The van der Waals surface area contributed by atoms with Crippen LogP contribution >= 0.6 is 0 Å². The van der Waals surface area contributed by atoms with Gasteiger partial charge in [0.1, 0.15) is 0 Å². The molecule has 3 heteroatoms. The highest BCUT2D eigenvalue weighted by Crippen LogP contribution is 1.97. The van der Waals surface area contributed by atoms with E-state index >= 15 is 0 Å². The van der Waals surface area contributed by atoms with Crippen LogP contribution in [0.15, 0.2) is 12.4 Å². The van der Waals surface area contributed by atoms with Crippen molar-refractivity contribution >= 4 is 0 Å². The molecule has 1 N–H and O–H groups in total. The molecule has 1 heterocycles. The number of aryl methyl sites for hydroxylation is 2. The zero-order chi connectivity index (χ0) is 8.27. The molecular weight excluding hydrogens is 140 g/mol. The summed E-state index contributed by atoms with van der Waals surface area (Å²) in [5.74, 6) is 0. The van der Waals surface area contributed by atoms with Crippen molar-refractivity contribution in [3.05, 3.63) is 18.0 Å². The highest BCUT2D eigenvalue weighted by atomic mass is 16.3. The molecule has 1 rings (SSSR count). The monoisotopic (exact) mass is 154 g/mol. The molecule has 0 spiro atoms. The summed E-state index contributed by atoms with van der Waals surface area (Å²) in [5, 5.41) is 13.1. The smallest absolute Gasteiger partial charge is 0.0529 e. The first-order valence-electron chi connectivity index (χ1n) is 3.85. The van der Waals surface area contributed by atoms with Crippen LogP contribution in [0.4, 0.5) is 0 Å². The molecule has 0 aliphatic carbocycles. The topological polar surface area (TPSA) is 38.0 Å². The normalized spacial score (nSPS) is 13.4. The lowest BCUT2D eigenvalue weighted by Gasteiger charge is -2.02. The van der Waals surface area contributed by atoms with Crippen LogP contribution < -0.4 is 0 Å². The van der Waals surface area contributed by atoms with Crippen LogP contribution in [0.25, 0.3) is 0 Å². The Bertz CT molecular complexity index is 218. The second kappa shape index (κ2) is 3.53. The third kappa shape index (κ3) is 2.72. The number of aliphatic hydroxyl groups is 1. The summed E-state index contributed by atoms with van der Waals surface area (Å²) in [6.07, 6.45) is 4.32. The Morgan fingerprint density at radius 1 is 1.73 bits per heavy atom. The van der Waals surface area contributed by atoms with Crippen molar-refractivity contribution in [3.63, 3.8) is 0 Å². The Kier molecular flexibility index (Phi) is 2.65. The molecular formula is C8H14N2O. The fraction of sp³-hybridized carbons (Fsp3) is 0.625. The Hall–Kier alpha value is -0.830. The van der Waals surface area contributed by atoms with Gasteiger partial charge in [-0.15, -0.1) is 0 Å². The first kappa shape index (κ1) is 8.27. The van der Waals surface area contributed by atoms with Crippen molar-refractivity contribution in [1.82, 2.24) is 9.78 Å². The van der Waals surface area contributed by atoms with Crippen LogP contribution in [0.2, 0.25) is 0 Å². The van der Waals surface area contributed by atoms with Gasteiger partial charge in [0.15, 0.2) is 0 Å². The van der Waals surface area contributed by atoms with Crippen LogP contribution in [0.1, 0.15) is 18.9 Å². The minimum atomic E-state index is -0.237. The molecule has 1 aromatic heterocycles. The van der Waals surface area contributed by atoms with Crippen molar-refractivity contribution in [3.8, 4) is 0 Å². The number of nitrogens with zero attached hydrogens (tertiary/aromatic N) is 2. The van der Waals surface area contributed by atoms with Crippen LogP contribution in [0, 0.1) is 6.92 Å². The average Bonchev–Trinajstić information content (AvgIpc) is 2.31. The first-order chi connectivity index (χ1) is 5.18. The minimum Gasteiger partial charge on any atom is -0.393 e. The van der Waals surface area contributed by atoms with E-state index in [1.807, 2.05) is 24.0 Å². The van der Waals surface area contributed by atoms with Gasteiger partial charge < -0.3 is 5.11 Å². The quantitative estimate of drug-likeness (QED) is 0.704. The van der Waals surface area contributed by atoms with E-state index in [-0.39, 0.29) is 6.10 Å². The van der Waals surface area contributed by atoms with E-state index in [4.69, 9.17) is 5.11 Å². The molecule has 0 bridgehead atoms. The molecule has 1 aromatic rings. The maximum Gasteiger partial charge on any atom is 0.0529 e. The molecule has 0 unspecified atom stereocenters. The summed E-state index contributed by atoms with van der Waals surface area (Å²) in [6.45, 7) is 4.59. The number of hydrogen-bond donors (Lipinski definition) is 1. The number of hydrogen-bond acceptors (Lipinski definition) is 2. The highest BCUT2D eigenvalue weighted by molar-refractivity contribution is 4.99. The van der Waals surface area contributed by atoms with E-state index in [0.29, 0.717) is 0 Å². The zero-order valence-electron chi connectivity index (χ0n) is 6.99. The van der Waals surface area contributed by atoms with Gasteiger partial charge in [-0.25, -0.2) is 0 Å². The lowest BCUT2D eigenvalue weighted by Crippen LogP contribution is -2.06. The van der Waals surface area contributed by atoms with Gasteiger partial charge in [0.25, 0.3) is 0 Å². The predicted octanol–water partition coefficient (Wildman–Crippen LogP) is 0.962. The molecule has 3 nitrogen and oxygen atoms in total. The Morgan fingerprint density at radius 2 is 2.45 bits per heavy atom. The van der Waals surface area contributed by atoms with Gasteiger partial charge in [-0.05, 0) is 25.8 Å². The Labute approximate surface area is 66.7 Å². The third-order valence-electron chi connectivity index (χ3n) is 1.54. The zero-order valence-corrected chi connectivity index (χ0v) is 6.99. The van der Waals surface area contributed by atoms with Gasteiger partial charge >= 0.3 is 0 Å². The Morgan fingerprint density at radius 3 is 2.91 bits per heavy atom. The fourth-order valence-corrected chi connectivity index (χ4v) is 0.908. The summed E-state index contributed by atoms with van der Waals surface area (Å²) < 4.78 is 1.85. The van der Waals surface area contributed by atoms with Gasteiger partial charge in [-0.1, -0.05) is 0 Å². The first-order valence-corrected chi connectivity index (χ1v) is 3.85. The van der Waals surface area contributed by atoms with E-state index in [9.17, 15) is 0 Å². The second-order valence-electron chi connectivity index (χ2n) is 2.92. The van der Waals surface area contributed by atoms with Crippen molar-refractivity contribution in [2.45, 2.75) is 32.9 Å². The van der Waals surface area contributed by atoms with E-state index in [1.165, 1.54) is 0 Å². The molecule has 0 amide bonds. The summed E-state index contributed by atoms with van der Waals surface area (Å²) >= 11 is 0. The summed E-state index contributed by atoms with van der Waals surface area (Å²) in [7, 11) is 0. The molecule has 11 heavy (non-hydrogen) atoms. The standard InChI is InChI=1S/C8H14N2O/c1-7-5-9-10(6-7)4-3-8(2)11/h5-6,8,11H,3-4H2,1-2H3/t8-/m1/s1. The minimum absolute atomic E-state index is 0.237. The van der Waals surface area contributed by atoms with E-state index in [0.717, 1.165) is 18.5 Å². The Balaban J connectivity index is 2.39. The van der Waals surface area contributed by atoms with Crippen LogP contribution in [-0.4, -0.2) is 21.0 Å².